The van der Waals surface area contributed by atoms with E-state index < -0.39 is 4.92 Å². The van der Waals surface area contributed by atoms with Gasteiger partial charge in [-0.3, -0.25) is 10.1 Å². The third-order valence-corrected chi connectivity index (χ3v) is 2.72. The Morgan fingerprint density at radius 3 is 2.74 bits per heavy atom. The lowest BCUT2D eigenvalue weighted by Crippen LogP contribution is -2.10. The summed E-state index contributed by atoms with van der Waals surface area (Å²) >= 11 is 0. The highest BCUT2D eigenvalue weighted by atomic mass is 16.6. The van der Waals surface area contributed by atoms with Gasteiger partial charge in [-0.25, -0.2) is 9.97 Å². The van der Waals surface area contributed by atoms with Crippen LogP contribution in [0.25, 0.3) is 0 Å². The molecule has 0 fully saturated rings. The van der Waals surface area contributed by atoms with Crippen LogP contribution >= 0.6 is 0 Å². The average molecular weight is 269 g/mol. The molecule has 0 saturated heterocycles. The van der Waals surface area contributed by atoms with E-state index in [-0.39, 0.29) is 29.8 Å². The van der Waals surface area contributed by atoms with Crippen molar-refractivity contribution in [3.8, 4) is 0 Å². The molecule has 1 unspecified atom stereocenters. The first-order chi connectivity index (χ1) is 9.10. The van der Waals surface area contributed by atoms with Gasteiger partial charge in [0, 0.05) is 20.2 Å². The molecule has 1 aromatic rings. The van der Waals surface area contributed by atoms with Crippen LogP contribution in [0.15, 0.2) is 6.33 Å². The van der Waals surface area contributed by atoms with Gasteiger partial charge in [-0.2, -0.15) is 0 Å². The zero-order valence-electron chi connectivity index (χ0n) is 11.1. The van der Waals surface area contributed by atoms with E-state index in [9.17, 15) is 10.1 Å². The molecule has 106 valence electrons. The number of rotatable bonds is 8. The van der Waals surface area contributed by atoms with Crippen molar-refractivity contribution in [3.05, 3.63) is 16.4 Å². The van der Waals surface area contributed by atoms with Crippen LogP contribution in [0.5, 0.6) is 0 Å². The largest absolute Gasteiger partial charge is 0.396 e. The summed E-state index contributed by atoms with van der Waals surface area (Å²) in [5.74, 6) is 0.627. The Kier molecular flexibility index (Phi) is 5.94. The van der Waals surface area contributed by atoms with Crippen molar-refractivity contribution in [2.75, 3.05) is 30.8 Å². The molecule has 8 nitrogen and oxygen atoms in total. The van der Waals surface area contributed by atoms with Gasteiger partial charge in [0.1, 0.15) is 6.33 Å². The molecule has 3 N–H and O–H groups in total. The van der Waals surface area contributed by atoms with Crippen LogP contribution in [0.2, 0.25) is 0 Å². The lowest BCUT2D eigenvalue weighted by Gasteiger charge is -2.10. The molecule has 0 bridgehead atoms. The second-order valence-electron chi connectivity index (χ2n) is 4.28. The predicted molar refractivity (Wildman–Crippen MR) is 72.2 cm³/mol. The van der Waals surface area contributed by atoms with E-state index in [2.05, 4.69) is 20.6 Å². The standard InChI is InChI=1S/C11H19N5O3/c1-8(6-17)4-3-5-13-11-9(16(18)19)10(12-2)14-7-15-11/h7-8,17H,3-6H2,1-2H3,(H2,12,13,14,15). The highest BCUT2D eigenvalue weighted by Crippen LogP contribution is 2.28. The maximum Gasteiger partial charge on any atom is 0.353 e. The Morgan fingerprint density at radius 2 is 2.16 bits per heavy atom. The van der Waals surface area contributed by atoms with Gasteiger partial charge in [-0.15, -0.1) is 0 Å². The van der Waals surface area contributed by atoms with Gasteiger partial charge in [0.25, 0.3) is 0 Å². The Labute approximate surface area is 111 Å². The molecule has 1 aromatic heterocycles. The van der Waals surface area contributed by atoms with Crippen molar-refractivity contribution >= 4 is 17.3 Å². The molecule has 0 aliphatic carbocycles. The smallest absolute Gasteiger partial charge is 0.353 e. The van der Waals surface area contributed by atoms with Gasteiger partial charge in [0.15, 0.2) is 0 Å². The third-order valence-electron chi connectivity index (χ3n) is 2.72. The van der Waals surface area contributed by atoms with Gasteiger partial charge in [-0.05, 0) is 18.8 Å². The second kappa shape index (κ2) is 7.47. The molecule has 1 rings (SSSR count). The number of aliphatic hydroxyl groups is 1. The minimum absolute atomic E-state index is 0.150. The van der Waals surface area contributed by atoms with Crippen molar-refractivity contribution in [1.82, 2.24) is 9.97 Å². The van der Waals surface area contributed by atoms with Gasteiger partial charge in [0.2, 0.25) is 11.6 Å². The first kappa shape index (κ1) is 15.1. The maximum absolute atomic E-state index is 11.0. The molecule has 0 aliphatic heterocycles. The minimum Gasteiger partial charge on any atom is -0.396 e. The molecular formula is C11H19N5O3. The van der Waals surface area contributed by atoms with Gasteiger partial charge >= 0.3 is 5.69 Å². The fraction of sp³-hybridized carbons (Fsp3) is 0.636. The maximum atomic E-state index is 11.0. The first-order valence-corrected chi connectivity index (χ1v) is 6.12. The zero-order chi connectivity index (χ0) is 14.3. The summed E-state index contributed by atoms with van der Waals surface area (Å²) in [6, 6.07) is 0. The summed E-state index contributed by atoms with van der Waals surface area (Å²) in [4.78, 5) is 18.2. The van der Waals surface area contributed by atoms with E-state index >= 15 is 0 Å². The molecular weight excluding hydrogens is 250 g/mol. The van der Waals surface area contributed by atoms with E-state index in [1.165, 1.54) is 6.33 Å². The van der Waals surface area contributed by atoms with Gasteiger partial charge < -0.3 is 15.7 Å². The van der Waals surface area contributed by atoms with Crippen molar-refractivity contribution in [3.63, 3.8) is 0 Å². The fourth-order valence-corrected chi connectivity index (χ4v) is 1.61. The Bertz CT molecular complexity index is 427. The van der Waals surface area contributed by atoms with Crippen LogP contribution in [0.3, 0.4) is 0 Å². The zero-order valence-corrected chi connectivity index (χ0v) is 11.1. The van der Waals surface area contributed by atoms with Crippen LogP contribution in [0.4, 0.5) is 17.3 Å². The van der Waals surface area contributed by atoms with Crippen LogP contribution in [0.1, 0.15) is 19.8 Å². The van der Waals surface area contributed by atoms with E-state index in [1.807, 2.05) is 6.92 Å². The molecule has 0 amide bonds. The first-order valence-electron chi connectivity index (χ1n) is 6.12. The van der Waals surface area contributed by atoms with E-state index in [4.69, 9.17) is 5.11 Å². The van der Waals surface area contributed by atoms with Crippen LogP contribution in [0, 0.1) is 16.0 Å². The molecule has 0 aliphatic rings. The number of anilines is 2. The van der Waals surface area contributed by atoms with Crippen LogP contribution < -0.4 is 10.6 Å². The number of hydrogen-bond acceptors (Lipinski definition) is 7. The quantitative estimate of drug-likeness (QED) is 0.369. The van der Waals surface area contributed by atoms with Crippen molar-refractivity contribution < 1.29 is 10.0 Å². The number of nitrogens with one attached hydrogen (secondary N) is 2. The van der Waals surface area contributed by atoms with Crippen molar-refractivity contribution in [1.29, 1.82) is 0 Å². The number of aliphatic hydroxyl groups excluding tert-OH is 1. The van der Waals surface area contributed by atoms with E-state index in [0.29, 0.717) is 6.54 Å². The molecule has 1 atom stereocenters. The van der Waals surface area contributed by atoms with Gasteiger partial charge in [-0.1, -0.05) is 6.92 Å². The number of nitrogens with zero attached hydrogens (tertiary/aromatic N) is 3. The summed E-state index contributed by atoms with van der Waals surface area (Å²) in [5.41, 5.74) is -0.153. The van der Waals surface area contributed by atoms with Crippen LogP contribution in [-0.4, -0.2) is 40.2 Å². The molecule has 0 radical (unpaired) electrons. The number of hydrogen-bond donors (Lipinski definition) is 3. The highest BCUT2D eigenvalue weighted by molar-refractivity contribution is 5.68. The molecule has 19 heavy (non-hydrogen) atoms. The summed E-state index contributed by atoms with van der Waals surface area (Å²) < 4.78 is 0. The van der Waals surface area contributed by atoms with Crippen molar-refractivity contribution in [2.45, 2.75) is 19.8 Å². The second-order valence-corrected chi connectivity index (χ2v) is 4.28. The van der Waals surface area contributed by atoms with Gasteiger partial charge in [0.05, 0.1) is 4.92 Å². The third kappa shape index (κ3) is 4.32. The lowest BCUT2D eigenvalue weighted by molar-refractivity contribution is -0.383. The Balaban J connectivity index is 2.65. The Hall–Kier alpha value is -1.96. The summed E-state index contributed by atoms with van der Waals surface area (Å²) in [6.07, 6.45) is 2.93. The van der Waals surface area contributed by atoms with Crippen molar-refractivity contribution in [2.24, 2.45) is 5.92 Å². The average Bonchev–Trinajstić information content (AvgIpc) is 2.42. The number of aromatic nitrogens is 2. The summed E-state index contributed by atoms with van der Waals surface area (Å²) in [5, 5.41) is 25.5. The van der Waals surface area contributed by atoms with E-state index in [1.54, 1.807) is 7.05 Å². The van der Waals surface area contributed by atoms with E-state index in [0.717, 1.165) is 12.8 Å². The minimum atomic E-state index is -0.509. The monoisotopic (exact) mass is 269 g/mol. The predicted octanol–water partition coefficient (Wildman–Crippen LogP) is 1.25. The topological polar surface area (TPSA) is 113 Å². The molecule has 0 spiro atoms. The van der Waals surface area contributed by atoms with Crippen LogP contribution in [-0.2, 0) is 0 Å². The normalized spacial score (nSPS) is 11.9. The molecule has 0 aromatic carbocycles. The molecule has 1 heterocycles. The molecule has 0 saturated carbocycles. The Morgan fingerprint density at radius 1 is 1.47 bits per heavy atom. The molecule has 8 heteroatoms. The number of nitro groups is 1. The summed E-state index contributed by atoms with van der Waals surface area (Å²) in [7, 11) is 1.57. The fourth-order valence-electron chi connectivity index (χ4n) is 1.61. The summed E-state index contributed by atoms with van der Waals surface area (Å²) in [6.45, 7) is 2.66. The SMILES string of the molecule is CNc1ncnc(NCCCC(C)CO)c1[N+](=O)[O-]. The lowest BCUT2D eigenvalue weighted by atomic mass is 10.1. The highest BCUT2D eigenvalue weighted by Gasteiger charge is 2.21.